The second-order valence-corrected chi connectivity index (χ2v) is 5.14. The Morgan fingerprint density at radius 2 is 1.86 bits per heavy atom. The van der Waals surface area contributed by atoms with Gasteiger partial charge >= 0.3 is 6.09 Å². The van der Waals surface area contributed by atoms with Crippen LogP contribution in [0.3, 0.4) is 0 Å². The lowest BCUT2D eigenvalue weighted by atomic mass is 9.99. The number of hydrogen-bond acceptors (Lipinski definition) is 2. The number of hydrogen-bond donors (Lipinski definition) is 1. The highest BCUT2D eigenvalue weighted by molar-refractivity contribution is 5.68. The molecule has 0 fully saturated rings. The fourth-order valence-corrected chi connectivity index (χ4v) is 2.32. The van der Waals surface area contributed by atoms with E-state index in [1.807, 2.05) is 61.5 Å². The highest BCUT2D eigenvalue weighted by Crippen LogP contribution is 2.21. The molecule has 0 saturated carbocycles. The van der Waals surface area contributed by atoms with Crippen LogP contribution in [-0.2, 0) is 11.3 Å². The summed E-state index contributed by atoms with van der Waals surface area (Å²) >= 11 is 0. The zero-order chi connectivity index (χ0) is 15.8. The number of benzene rings is 2. The third-order valence-electron chi connectivity index (χ3n) is 3.47. The van der Waals surface area contributed by atoms with Crippen LogP contribution in [0.4, 0.5) is 4.79 Å². The normalized spacial score (nSPS) is 11.5. The molecule has 0 heterocycles. The first-order valence-corrected chi connectivity index (χ1v) is 7.34. The van der Waals surface area contributed by atoms with Crippen LogP contribution < -0.4 is 5.32 Å². The van der Waals surface area contributed by atoms with Crippen LogP contribution in [0.15, 0.2) is 67.3 Å². The second kappa shape index (κ2) is 8.03. The number of carbonyl (C=O) groups is 1. The molecule has 114 valence electrons. The average molecular weight is 295 g/mol. The zero-order valence-electron chi connectivity index (χ0n) is 12.8. The molecule has 2 aromatic carbocycles. The van der Waals surface area contributed by atoms with Gasteiger partial charge in [-0.05, 0) is 30.0 Å². The first-order chi connectivity index (χ1) is 10.7. The van der Waals surface area contributed by atoms with Crippen molar-refractivity contribution in [2.24, 2.45) is 0 Å². The van der Waals surface area contributed by atoms with Crippen LogP contribution in [0.1, 0.15) is 29.2 Å². The lowest BCUT2D eigenvalue weighted by molar-refractivity contribution is 0.135. The van der Waals surface area contributed by atoms with Gasteiger partial charge in [0.05, 0.1) is 6.04 Å². The van der Waals surface area contributed by atoms with E-state index in [1.54, 1.807) is 6.08 Å². The fraction of sp³-hybridized carbons (Fsp3) is 0.211. The predicted octanol–water partition coefficient (Wildman–Crippen LogP) is 4.54. The number of ether oxygens (including phenoxy) is 1. The summed E-state index contributed by atoms with van der Waals surface area (Å²) in [5, 5.41) is 2.91. The molecule has 1 atom stereocenters. The van der Waals surface area contributed by atoms with Crippen LogP contribution >= 0.6 is 0 Å². The summed E-state index contributed by atoms with van der Waals surface area (Å²) < 4.78 is 5.28. The first-order valence-electron chi connectivity index (χ1n) is 7.34. The number of carbonyl (C=O) groups excluding carboxylic acids is 1. The lowest BCUT2D eigenvalue weighted by Crippen LogP contribution is -2.29. The Hall–Kier alpha value is -2.55. The van der Waals surface area contributed by atoms with Gasteiger partial charge < -0.3 is 10.1 Å². The summed E-state index contributed by atoms with van der Waals surface area (Å²) in [6.45, 7) is 6.06. The molecule has 0 spiro atoms. The van der Waals surface area contributed by atoms with Gasteiger partial charge in [0.15, 0.2) is 0 Å². The van der Waals surface area contributed by atoms with Gasteiger partial charge in [-0.2, -0.15) is 0 Å². The molecule has 1 unspecified atom stereocenters. The quantitative estimate of drug-likeness (QED) is 0.795. The number of amides is 1. The van der Waals surface area contributed by atoms with Crippen molar-refractivity contribution in [3.8, 4) is 0 Å². The third kappa shape index (κ3) is 4.48. The highest BCUT2D eigenvalue weighted by Gasteiger charge is 2.15. The molecule has 2 aromatic rings. The van der Waals surface area contributed by atoms with E-state index < -0.39 is 6.09 Å². The van der Waals surface area contributed by atoms with Gasteiger partial charge in [0.2, 0.25) is 0 Å². The van der Waals surface area contributed by atoms with Crippen molar-refractivity contribution >= 4 is 6.09 Å². The van der Waals surface area contributed by atoms with Crippen LogP contribution in [0.25, 0.3) is 0 Å². The largest absolute Gasteiger partial charge is 0.445 e. The molecule has 0 radical (unpaired) electrons. The van der Waals surface area contributed by atoms with Crippen molar-refractivity contribution < 1.29 is 9.53 Å². The van der Waals surface area contributed by atoms with E-state index in [9.17, 15) is 4.79 Å². The summed E-state index contributed by atoms with van der Waals surface area (Å²) in [6.07, 6.45) is 2.04. The molecule has 1 amide bonds. The van der Waals surface area contributed by atoms with Gasteiger partial charge in [-0.15, -0.1) is 6.58 Å². The Labute approximate surface area is 131 Å². The molecular formula is C19H21NO2. The minimum atomic E-state index is -0.418. The van der Waals surface area contributed by atoms with Crippen LogP contribution in [0.2, 0.25) is 0 Å². The monoisotopic (exact) mass is 295 g/mol. The molecule has 0 aliphatic rings. The van der Waals surface area contributed by atoms with Gasteiger partial charge in [-0.1, -0.05) is 60.7 Å². The number of alkyl carbamates (subject to hydrolysis) is 1. The van der Waals surface area contributed by atoms with Gasteiger partial charge in [0, 0.05) is 0 Å². The van der Waals surface area contributed by atoms with Crippen LogP contribution in [-0.4, -0.2) is 6.09 Å². The summed E-state index contributed by atoms with van der Waals surface area (Å²) in [6, 6.07) is 17.5. The molecule has 2 rings (SSSR count). The molecule has 0 saturated heterocycles. The Kier molecular flexibility index (Phi) is 5.78. The van der Waals surface area contributed by atoms with Gasteiger partial charge in [-0.3, -0.25) is 0 Å². The van der Waals surface area contributed by atoms with Crippen LogP contribution in [0.5, 0.6) is 0 Å². The minimum Gasteiger partial charge on any atom is -0.445 e. The fourth-order valence-electron chi connectivity index (χ4n) is 2.32. The molecule has 0 aromatic heterocycles. The lowest BCUT2D eigenvalue weighted by Gasteiger charge is -2.19. The van der Waals surface area contributed by atoms with E-state index in [-0.39, 0.29) is 12.6 Å². The van der Waals surface area contributed by atoms with Crippen molar-refractivity contribution in [3.63, 3.8) is 0 Å². The molecule has 3 nitrogen and oxygen atoms in total. The van der Waals surface area contributed by atoms with Crippen LogP contribution in [0, 0.1) is 6.92 Å². The van der Waals surface area contributed by atoms with Crippen molar-refractivity contribution in [1.29, 1.82) is 0 Å². The first kappa shape index (κ1) is 15.8. The molecule has 0 bridgehead atoms. The van der Waals surface area contributed by atoms with Crippen molar-refractivity contribution in [2.75, 3.05) is 0 Å². The molecule has 0 aliphatic carbocycles. The maximum absolute atomic E-state index is 12.0. The maximum atomic E-state index is 12.0. The Morgan fingerprint density at radius 3 is 2.55 bits per heavy atom. The Balaban J connectivity index is 1.97. The maximum Gasteiger partial charge on any atom is 0.407 e. The highest BCUT2D eigenvalue weighted by atomic mass is 16.5. The van der Waals surface area contributed by atoms with E-state index in [1.165, 1.54) is 0 Å². The topological polar surface area (TPSA) is 38.3 Å². The SMILES string of the molecule is C=CCC(NC(=O)OCc1ccccc1)c1ccccc1C. The van der Waals surface area contributed by atoms with E-state index >= 15 is 0 Å². The van der Waals surface area contributed by atoms with E-state index in [2.05, 4.69) is 11.9 Å². The Bertz CT molecular complexity index is 622. The summed E-state index contributed by atoms with van der Waals surface area (Å²) in [4.78, 5) is 12.0. The van der Waals surface area contributed by atoms with E-state index in [4.69, 9.17) is 4.74 Å². The summed E-state index contributed by atoms with van der Waals surface area (Å²) in [5.41, 5.74) is 3.19. The molecule has 3 heteroatoms. The minimum absolute atomic E-state index is 0.123. The second-order valence-electron chi connectivity index (χ2n) is 5.14. The molecule has 1 N–H and O–H groups in total. The molecule has 0 aliphatic heterocycles. The third-order valence-corrected chi connectivity index (χ3v) is 3.47. The van der Waals surface area contributed by atoms with Gasteiger partial charge in [-0.25, -0.2) is 4.79 Å². The van der Waals surface area contributed by atoms with E-state index in [0.717, 1.165) is 16.7 Å². The summed E-state index contributed by atoms with van der Waals surface area (Å²) in [7, 11) is 0. The average Bonchev–Trinajstić information content (AvgIpc) is 2.54. The van der Waals surface area contributed by atoms with Gasteiger partial charge in [0.1, 0.15) is 6.61 Å². The molecule has 22 heavy (non-hydrogen) atoms. The van der Waals surface area contributed by atoms with Crippen molar-refractivity contribution in [2.45, 2.75) is 26.0 Å². The van der Waals surface area contributed by atoms with Gasteiger partial charge in [0.25, 0.3) is 0 Å². The number of rotatable bonds is 6. The Morgan fingerprint density at radius 1 is 1.18 bits per heavy atom. The van der Waals surface area contributed by atoms with Crippen molar-refractivity contribution in [3.05, 3.63) is 83.9 Å². The molecular weight excluding hydrogens is 274 g/mol. The summed E-state index contributed by atoms with van der Waals surface area (Å²) in [5.74, 6) is 0. The standard InChI is InChI=1S/C19H21NO2/c1-3-9-18(17-13-8-7-10-15(17)2)20-19(21)22-14-16-11-5-4-6-12-16/h3-8,10-13,18H,1,9,14H2,2H3,(H,20,21). The smallest absolute Gasteiger partial charge is 0.407 e. The van der Waals surface area contributed by atoms with E-state index in [0.29, 0.717) is 6.42 Å². The van der Waals surface area contributed by atoms with Crippen molar-refractivity contribution in [1.82, 2.24) is 5.32 Å². The predicted molar refractivity (Wildman–Crippen MR) is 88.5 cm³/mol. The number of aryl methyl sites for hydroxylation is 1. The number of nitrogens with one attached hydrogen (secondary N) is 1. The zero-order valence-corrected chi connectivity index (χ0v) is 12.8.